The topological polar surface area (TPSA) is 37.3 Å². The van der Waals surface area contributed by atoms with Gasteiger partial charge in [0.1, 0.15) is 6.29 Å². The third-order valence-corrected chi connectivity index (χ3v) is 1.27. The summed E-state index contributed by atoms with van der Waals surface area (Å²) in [6, 6.07) is 0. The maximum atomic E-state index is 9.62. The van der Waals surface area contributed by atoms with E-state index < -0.39 is 0 Å². The van der Waals surface area contributed by atoms with E-state index in [0.29, 0.717) is 24.9 Å². The van der Waals surface area contributed by atoms with E-state index in [0.717, 1.165) is 12.7 Å². The smallest absolute Gasteiger partial charge is 0.120 e. The van der Waals surface area contributed by atoms with Gasteiger partial charge in [-0.15, -0.1) is 0 Å². The van der Waals surface area contributed by atoms with E-state index in [2.05, 4.69) is 13.8 Å². The molecular weight excluding hydrogens is 152 g/mol. The van der Waals surface area contributed by atoms with Crippen LogP contribution in [0.4, 0.5) is 0 Å². The Kier molecular flexibility index (Phi) is 12.6. The molecule has 0 aliphatic rings. The summed E-state index contributed by atoms with van der Waals surface area (Å²) < 4.78 is 0. The quantitative estimate of drug-likeness (QED) is 0.664. The van der Waals surface area contributed by atoms with Crippen LogP contribution >= 0.6 is 0 Å². The van der Waals surface area contributed by atoms with Crippen molar-refractivity contribution in [2.45, 2.75) is 40.5 Å². The predicted molar refractivity (Wildman–Crippen MR) is 52.1 cm³/mol. The first-order chi connectivity index (χ1) is 5.54. The summed E-state index contributed by atoms with van der Waals surface area (Å²) >= 11 is 0. The molecule has 74 valence electrons. The van der Waals surface area contributed by atoms with Gasteiger partial charge in [-0.05, 0) is 18.3 Å². The summed E-state index contributed by atoms with van der Waals surface area (Å²) in [5.74, 6) is 1.18. The number of aliphatic hydroxyl groups is 1. The molecule has 2 nitrogen and oxygen atoms in total. The van der Waals surface area contributed by atoms with Crippen molar-refractivity contribution in [1.82, 2.24) is 0 Å². The second-order valence-electron chi connectivity index (χ2n) is 3.70. The molecule has 0 bridgehead atoms. The first-order valence-corrected chi connectivity index (χ1v) is 4.59. The van der Waals surface area contributed by atoms with E-state index in [4.69, 9.17) is 5.11 Å². The first-order valence-electron chi connectivity index (χ1n) is 4.59. The number of carbonyl (C=O) groups excluding carboxylic acids is 1. The molecule has 0 saturated heterocycles. The lowest BCUT2D eigenvalue weighted by Gasteiger charge is -1.95. The maximum absolute atomic E-state index is 9.62. The monoisotopic (exact) mass is 174 g/mol. The van der Waals surface area contributed by atoms with Crippen LogP contribution in [0.5, 0.6) is 0 Å². The molecular formula is C10H22O2. The van der Waals surface area contributed by atoms with Gasteiger partial charge in [-0.1, -0.05) is 27.7 Å². The normalized spacial score (nSPS) is 9.58. The molecule has 0 aliphatic heterocycles. The molecule has 0 atom stereocenters. The first kappa shape index (κ1) is 14.2. The van der Waals surface area contributed by atoms with Crippen LogP contribution < -0.4 is 0 Å². The Bertz CT molecular complexity index is 87.8. The highest BCUT2D eigenvalue weighted by Gasteiger charge is 1.86. The zero-order chi connectivity index (χ0) is 9.98. The minimum atomic E-state index is 0.331. The van der Waals surface area contributed by atoms with Gasteiger partial charge in [-0.3, -0.25) is 0 Å². The van der Waals surface area contributed by atoms with Crippen LogP contribution in [0.15, 0.2) is 0 Å². The fourth-order valence-corrected chi connectivity index (χ4v) is 0.451. The van der Waals surface area contributed by atoms with E-state index in [1.54, 1.807) is 0 Å². The summed E-state index contributed by atoms with van der Waals surface area (Å²) in [4.78, 5) is 9.62. The third-order valence-electron chi connectivity index (χ3n) is 1.27. The number of aldehydes is 1. The number of hydrogen-bond acceptors (Lipinski definition) is 2. The molecule has 0 fully saturated rings. The van der Waals surface area contributed by atoms with Crippen molar-refractivity contribution < 1.29 is 9.90 Å². The van der Waals surface area contributed by atoms with Crippen molar-refractivity contribution in [2.75, 3.05) is 6.61 Å². The van der Waals surface area contributed by atoms with E-state index >= 15 is 0 Å². The Balaban J connectivity index is 0. The van der Waals surface area contributed by atoms with Crippen LogP contribution in [0.25, 0.3) is 0 Å². The number of aliphatic hydroxyl groups excluding tert-OH is 1. The molecule has 0 unspecified atom stereocenters. The fourth-order valence-electron chi connectivity index (χ4n) is 0.451. The average molecular weight is 174 g/mol. The second-order valence-corrected chi connectivity index (χ2v) is 3.70. The highest BCUT2D eigenvalue weighted by Crippen LogP contribution is 1.94. The Morgan fingerprint density at radius 2 is 1.67 bits per heavy atom. The van der Waals surface area contributed by atoms with Gasteiger partial charge in [0.25, 0.3) is 0 Å². The fraction of sp³-hybridized carbons (Fsp3) is 0.900. The lowest BCUT2D eigenvalue weighted by atomic mass is 10.2. The van der Waals surface area contributed by atoms with Crippen LogP contribution in [0, 0.1) is 11.8 Å². The summed E-state index contributed by atoms with van der Waals surface area (Å²) in [6.45, 7) is 8.56. The molecule has 0 aromatic rings. The molecule has 0 saturated carbocycles. The van der Waals surface area contributed by atoms with Crippen LogP contribution in [-0.4, -0.2) is 18.0 Å². The van der Waals surface area contributed by atoms with E-state index in [1.165, 1.54) is 0 Å². The van der Waals surface area contributed by atoms with Gasteiger partial charge < -0.3 is 9.90 Å². The van der Waals surface area contributed by atoms with Gasteiger partial charge in [0, 0.05) is 13.0 Å². The highest BCUT2D eigenvalue weighted by molar-refractivity contribution is 5.49. The average Bonchev–Trinajstić information content (AvgIpc) is 1.87. The molecule has 0 spiro atoms. The molecule has 0 aliphatic carbocycles. The zero-order valence-electron chi connectivity index (χ0n) is 8.71. The molecule has 0 amide bonds. The van der Waals surface area contributed by atoms with Crippen molar-refractivity contribution in [1.29, 1.82) is 0 Å². The summed E-state index contributed by atoms with van der Waals surface area (Å²) in [7, 11) is 0. The van der Waals surface area contributed by atoms with Crippen LogP contribution in [0.3, 0.4) is 0 Å². The summed E-state index contributed by atoms with van der Waals surface area (Å²) in [5.41, 5.74) is 0. The predicted octanol–water partition coefficient (Wildman–Crippen LogP) is 2.26. The maximum Gasteiger partial charge on any atom is 0.120 e. The Hall–Kier alpha value is -0.370. The lowest BCUT2D eigenvalue weighted by molar-refractivity contribution is -0.108. The number of hydrogen-bond donors (Lipinski definition) is 1. The Morgan fingerprint density at radius 3 is 1.67 bits per heavy atom. The molecule has 0 aromatic heterocycles. The van der Waals surface area contributed by atoms with Gasteiger partial charge in [0.2, 0.25) is 0 Å². The van der Waals surface area contributed by atoms with Crippen molar-refractivity contribution in [3.8, 4) is 0 Å². The molecule has 0 aromatic carbocycles. The van der Waals surface area contributed by atoms with Crippen molar-refractivity contribution in [3.63, 3.8) is 0 Å². The lowest BCUT2D eigenvalue weighted by Crippen LogP contribution is -1.89. The van der Waals surface area contributed by atoms with Gasteiger partial charge in [0.05, 0.1) is 0 Å². The van der Waals surface area contributed by atoms with Crippen LogP contribution in [-0.2, 0) is 4.79 Å². The van der Waals surface area contributed by atoms with E-state index in [9.17, 15) is 4.79 Å². The van der Waals surface area contributed by atoms with Gasteiger partial charge >= 0.3 is 0 Å². The minimum Gasteiger partial charge on any atom is -0.396 e. The standard InChI is InChI=1S/C5H12O.C5H10O/c2*1-5(2)3-4-6/h5-6H,3-4H2,1-2H3;4-5H,3H2,1-2H3. The van der Waals surface area contributed by atoms with Gasteiger partial charge in [-0.2, -0.15) is 0 Å². The molecule has 1 N–H and O–H groups in total. The number of carbonyl (C=O) groups is 1. The molecule has 12 heavy (non-hydrogen) atoms. The molecule has 0 heterocycles. The molecule has 0 rings (SSSR count). The van der Waals surface area contributed by atoms with E-state index in [1.807, 2.05) is 13.8 Å². The minimum absolute atomic E-state index is 0.331. The second kappa shape index (κ2) is 10.6. The van der Waals surface area contributed by atoms with Crippen LogP contribution in [0.1, 0.15) is 40.5 Å². The van der Waals surface area contributed by atoms with E-state index in [-0.39, 0.29) is 0 Å². The number of rotatable bonds is 4. The largest absolute Gasteiger partial charge is 0.396 e. The summed E-state index contributed by atoms with van der Waals surface area (Å²) in [5, 5.41) is 8.24. The molecule has 0 radical (unpaired) electrons. The van der Waals surface area contributed by atoms with Crippen molar-refractivity contribution in [3.05, 3.63) is 0 Å². The SMILES string of the molecule is CC(C)CC=O.CC(C)CCO. The van der Waals surface area contributed by atoms with Crippen LogP contribution in [0.2, 0.25) is 0 Å². The van der Waals surface area contributed by atoms with Crippen molar-refractivity contribution in [2.24, 2.45) is 11.8 Å². The van der Waals surface area contributed by atoms with Crippen molar-refractivity contribution >= 4 is 6.29 Å². The zero-order valence-corrected chi connectivity index (χ0v) is 8.71. The Labute approximate surface area is 76.0 Å². The Morgan fingerprint density at radius 1 is 1.17 bits per heavy atom. The van der Waals surface area contributed by atoms with Gasteiger partial charge in [0.15, 0.2) is 0 Å². The summed E-state index contributed by atoms with van der Waals surface area (Å²) in [6.07, 6.45) is 2.57. The third kappa shape index (κ3) is 22.6. The molecule has 2 heteroatoms. The van der Waals surface area contributed by atoms with Gasteiger partial charge in [-0.25, -0.2) is 0 Å². The highest BCUT2D eigenvalue weighted by atomic mass is 16.3.